The third-order valence-electron chi connectivity index (χ3n) is 4.21. The van der Waals surface area contributed by atoms with Gasteiger partial charge in [0, 0.05) is 11.4 Å². The molecule has 1 heterocycles. The van der Waals surface area contributed by atoms with Gasteiger partial charge in [-0.25, -0.2) is 4.79 Å². The summed E-state index contributed by atoms with van der Waals surface area (Å²) in [6.45, 7) is 2.08. The molecule has 2 N–H and O–H groups in total. The van der Waals surface area contributed by atoms with E-state index >= 15 is 0 Å². The van der Waals surface area contributed by atoms with Crippen molar-refractivity contribution in [3.05, 3.63) is 93.7 Å². The summed E-state index contributed by atoms with van der Waals surface area (Å²) in [5.41, 5.74) is 2.06. The van der Waals surface area contributed by atoms with Crippen molar-refractivity contribution >= 4 is 23.2 Å². The van der Waals surface area contributed by atoms with Crippen LogP contribution in [0.3, 0.4) is 0 Å². The highest BCUT2D eigenvalue weighted by Gasteiger charge is 2.16. The third kappa shape index (κ3) is 5.28. The first-order chi connectivity index (χ1) is 13.1. The predicted octanol–water partition coefficient (Wildman–Crippen LogP) is 4.58. The van der Waals surface area contributed by atoms with Crippen molar-refractivity contribution in [1.82, 2.24) is 10.6 Å². The van der Waals surface area contributed by atoms with Gasteiger partial charge in [0.25, 0.3) is 0 Å². The van der Waals surface area contributed by atoms with E-state index in [9.17, 15) is 9.59 Å². The number of carbonyl (C=O) groups excluding carboxylic acids is 2. The zero-order valence-electron chi connectivity index (χ0n) is 15.1. The lowest BCUT2D eigenvalue weighted by Gasteiger charge is -2.20. The van der Waals surface area contributed by atoms with E-state index in [4.69, 9.17) is 0 Å². The summed E-state index contributed by atoms with van der Waals surface area (Å²) in [6, 6.07) is 23.2. The predicted molar refractivity (Wildman–Crippen MR) is 109 cm³/mol. The number of amides is 2. The second kappa shape index (κ2) is 9.14. The smallest absolute Gasteiger partial charge is 0.315 e. The van der Waals surface area contributed by atoms with Gasteiger partial charge < -0.3 is 10.6 Å². The third-order valence-corrected chi connectivity index (χ3v) is 5.45. The van der Waals surface area contributed by atoms with Crippen molar-refractivity contribution in [3.8, 4) is 0 Å². The molecule has 2 aromatic carbocycles. The highest BCUT2D eigenvalue weighted by molar-refractivity contribution is 7.14. The van der Waals surface area contributed by atoms with E-state index in [1.807, 2.05) is 72.8 Å². The number of rotatable bonds is 7. The van der Waals surface area contributed by atoms with E-state index in [1.165, 1.54) is 11.3 Å². The first-order valence-corrected chi connectivity index (χ1v) is 9.69. The van der Waals surface area contributed by atoms with Crippen LogP contribution in [0.15, 0.2) is 72.8 Å². The Bertz CT molecular complexity index is 851. The Balaban J connectivity index is 1.60. The number of benzene rings is 2. The van der Waals surface area contributed by atoms with Gasteiger partial charge >= 0.3 is 6.03 Å². The maximum Gasteiger partial charge on any atom is 0.315 e. The molecule has 3 aromatic rings. The molecule has 138 valence electrons. The Hall–Kier alpha value is -2.92. The first kappa shape index (κ1) is 18.9. The summed E-state index contributed by atoms with van der Waals surface area (Å²) in [7, 11) is 0. The van der Waals surface area contributed by atoms with Crippen LogP contribution < -0.4 is 10.6 Å². The quantitative estimate of drug-likeness (QED) is 0.591. The molecule has 2 amide bonds. The Kier molecular flexibility index (Phi) is 6.39. The largest absolute Gasteiger partial charge is 0.338 e. The van der Waals surface area contributed by atoms with E-state index in [2.05, 4.69) is 10.6 Å². The van der Waals surface area contributed by atoms with Crippen LogP contribution in [0.5, 0.6) is 0 Å². The van der Waals surface area contributed by atoms with Crippen LogP contribution in [0.1, 0.15) is 38.6 Å². The Morgan fingerprint density at radius 2 is 1.48 bits per heavy atom. The van der Waals surface area contributed by atoms with Crippen LogP contribution in [0.4, 0.5) is 4.79 Å². The van der Waals surface area contributed by atoms with Gasteiger partial charge in [0.2, 0.25) is 0 Å². The molecule has 0 aliphatic rings. The molecule has 0 aliphatic carbocycles. The molecule has 0 aliphatic heterocycles. The summed E-state index contributed by atoms with van der Waals surface area (Å²) < 4.78 is 0. The monoisotopic (exact) mass is 378 g/mol. The van der Waals surface area contributed by atoms with Crippen molar-refractivity contribution in [2.45, 2.75) is 19.4 Å². The lowest BCUT2D eigenvalue weighted by molar-refractivity contribution is 0.102. The van der Waals surface area contributed by atoms with Crippen molar-refractivity contribution in [2.75, 3.05) is 6.54 Å². The Morgan fingerprint density at radius 1 is 0.889 bits per heavy atom. The van der Waals surface area contributed by atoms with Crippen LogP contribution in [-0.2, 0) is 6.42 Å². The summed E-state index contributed by atoms with van der Waals surface area (Å²) in [6.07, 6.45) is 0.701. The number of thiophene rings is 1. The molecule has 0 radical (unpaired) electrons. The molecule has 0 fully saturated rings. The SMILES string of the molecule is CC(=O)c1ccc(CCNC(=O)NC(c2ccccc2)c2ccccc2)s1. The lowest BCUT2D eigenvalue weighted by Crippen LogP contribution is -2.39. The fourth-order valence-corrected chi connectivity index (χ4v) is 3.74. The van der Waals surface area contributed by atoms with Crippen molar-refractivity contribution in [1.29, 1.82) is 0 Å². The number of urea groups is 1. The molecule has 0 spiro atoms. The van der Waals surface area contributed by atoms with Crippen LogP contribution in [0, 0.1) is 0 Å². The summed E-state index contributed by atoms with van der Waals surface area (Å²) >= 11 is 1.48. The van der Waals surface area contributed by atoms with E-state index in [0.717, 1.165) is 20.9 Å². The van der Waals surface area contributed by atoms with Crippen LogP contribution in [0.25, 0.3) is 0 Å². The minimum atomic E-state index is -0.212. The molecule has 0 bridgehead atoms. The van der Waals surface area contributed by atoms with Gasteiger partial charge in [-0.05, 0) is 36.6 Å². The summed E-state index contributed by atoms with van der Waals surface area (Å²) in [5.74, 6) is 0.0746. The lowest BCUT2D eigenvalue weighted by atomic mass is 9.99. The van der Waals surface area contributed by atoms with Crippen molar-refractivity contribution < 1.29 is 9.59 Å². The molecule has 0 saturated heterocycles. The molecule has 0 saturated carbocycles. The molecule has 4 nitrogen and oxygen atoms in total. The van der Waals surface area contributed by atoms with Gasteiger partial charge in [0.05, 0.1) is 10.9 Å². The highest BCUT2D eigenvalue weighted by atomic mass is 32.1. The standard InChI is InChI=1S/C22H22N2O2S/c1-16(25)20-13-12-19(27-20)14-15-23-22(26)24-21(17-8-4-2-5-9-17)18-10-6-3-7-11-18/h2-13,21H,14-15H2,1H3,(H2,23,24,26). The van der Waals surface area contributed by atoms with Gasteiger partial charge in [0.1, 0.15) is 0 Å². The van der Waals surface area contributed by atoms with Crippen molar-refractivity contribution in [3.63, 3.8) is 0 Å². The first-order valence-electron chi connectivity index (χ1n) is 8.87. The number of carbonyl (C=O) groups is 2. The molecule has 5 heteroatoms. The maximum absolute atomic E-state index is 12.4. The zero-order chi connectivity index (χ0) is 19.1. The van der Waals surface area contributed by atoms with E-state index in [-0.39, 0.29) is 17.9 Å². The average Bonchev–Trinajstić information content (AvgIpc) is 3.17. The molecule has 1 aromatic heterocycles. The fourth-order valence-electron chi connectivity index (χ4n) is 2.83. The average molecular weight is 378 g/mol. The van der Waals surface area contributed by atoms with Crippen molar-refractivity contribution in [2.24, 2.45) is 0 Å². The minimum absolute atomic E-state index is 0.0746. The number of hydrogen-bond acceptors (Lipinski definition) is 3. The number of Topliss-reactive ketones (excluding diaryl/α,β-unsaturated/α-hetero) is 1. The molecule has 3 rings (SSSR count). The van der Waals surface area contributed by atoms with Gasteiger partial charge in [-0.2, -0.15) is 0 Å². The van der Waals surface area contributed by atoms with Gasteiger partial charge in [-0.1, -0.05) is 60.7 Å². The minimum Gasteiger partial charge on any atom is -0.338 e. The number of hydrogen-bond donors (Lipinski definition) is 2. The van der Waals surface area contributed by atoms with Crippen LogP contribution >= 0.6 is 11.3 Å². The Labute approximate surface area is 163 Å². The molecule has 27 heavy (non-hydrogen) atoms. The number of ketones is 1. The van der Waals surface area contributed by atoms with Crippen LogP contribution in [-0.4, -0.2) is 18.4 Å². The second-order valence-electron chi connectivity index (χ2n) is 6.23. The Morgan fingerprint density at radius 3 is 2.00 bits per heavy atom. The van der Waals surface area contributed by atoms with E-state index < -0.39 is 0 Å². The summed E-state index contributed by atoms with van der Waals surface area (Å²) in [4.78, 5) is 25.6. The summed E-state index contributed by atoms with van der Waals surface area (Å²) in [5, 5.41) is 5.97. The molecule has 0 atom stereocenters. The molecule has 0 unspecified atom stereocenters. The molecular formula is C22H22N2O2S. The van der Waals surface area contributed by atoms with Gasteiger partial charge in [-0.15, -0.1) is 11.3 Å². The second-order valence-corrected chi connectivity index (χ2v) is 7.40. The maximum atomic E-state index is 12.4. The zero-order valence-corrected chi connectivity index (χ0v) is 16.0. The fraction of sp³-hybridized carbons (Fsp3) is 0.182. The van der Waals surface area contributed by atoms with E-state index in [0.29, 0.717) is 13.0 Å². The number of nitrogens with one attached hydrogen (secondary N) is 2. The topological polar surface area (TPSA) is 58.2 Å². The molecular weight excluding hydrogens is 356 g/mol. The van der Waals surface area contributed by atoms with Crippen LogP contribution in [0.2, 0.25) is 0 Å². The van der Waals surface area contributed by atoms with E-state index in [1.54, 1.807) is 6.92 Å². The van der Waals surface area contributed by atoms with Gasteiger partial charge in [0.15, 0.2) is 5.78 Å². The van der Waals surface area contributed by atoms with Gasteiger partial charge in [-0.3, -0.25) is 4.79 Å². The normalized spacial score (nSPS) is 10.6. The highest BCUT2D eigenvalue weighted by Crippen LogP contribution is 2.21.